The predicted octanol–water partition coefficient (Wildman–Crippen LogP) is 7.02. The Kier molecular flexibility index (Phi) is 11.3. The molecule has 7 N–H and O–H groups in total. The normalized spacial score (nSPS) is 12.0. The van der Waals surface area contributed by atoms with Gasteiger partial charge in [-0.3, -0.25) is 9.11 Å². The quantitative estimate of drug-likeness (QED) is 0.0117. The van der Waals surface area contributed by atoms with Gasteiger partial charge in [0.05, 0.1) is 21.8 Å². The first-order valence-corrected chi connectivity index (χ1v) is 18.5. The van der Waals surface area contributed by atoms with E-state index in [-0.39, 0.29) is 56.0 Å². The molecule has 55 heavy (non-hydrogen) atoms. The Bertz CT molecular complexity index is 2700. The van der Waals surface area contributed by atoms with Crippen LogP contribution >= 0.6 is 23.6 Å². The van der Waals surface area contributed by atoms with Crippen LogP contribution in [0.1, 0.15) is 0 Å². The van der Waals surface area contributed by atoms with E-state index < -0.39 is 53.5 Å². The van der Waals surface area contributed by atoms with Crippen LogP contribution in [0.15, 0.2) is 97.7 Å². The first kappa shape index (κ1) is 38.9. The van der Waals surface area contributed by atoms with Crippen LogP contribution in [0.25, 0.3) is 10.8 Å². The van der Waals surface area contributed by atoms with Gasteiger partial charge in [-0.05, 0) is 77.7 Å². The number of aromatic nitrogens is 5. The molecule has 2 heterocycles. The third kappa shape index (κ3) is 9.67. The molecule has 0 spiro atoms. The van der Waals surface area contributed by atoms with Crippen molar-refractivity contribution in [2.45, 2.75) is 14.7 Å². The molecule has 0 aliphatic heterocycles. The molecule has 2 aromatic heterocycles. The second-order valence-electron chi connectivity index (χ2n) is 10.6. The lowest BCUT2D eigenvalue weighted by Gasteiger charge is -2.12. The monoisotopic (exact) mass is 836 g/mol. The first-order chi connectivity index (χ1) is 26.0. The molecule has 20 nitrogen and oxygen atoms in total. The van der Waals surface area contributed by atoms with Gasteiger partial charge in [0.15, 0.2) is 5.75 Å². The van der Waals surface area contributed by atoms with Crippen molar-refractivity contribution in [3.05, 3.63) is 90.1 Å². The number of hydrogen-bond acceptors (Lipinski definition) is 19. The fourth-order valence-corrected chi connectivity index (χ4v) is 6.48. The van der Waals surface area contributed by atoms with Crippen LogP contribution < -0.4 is 16.0 Å². The van der Waals surface area contributed by atoms with Gasteiger partial charge in [-0.1, -0.05) is 11.1 Å². The molecule has 0 bridgehead atoms. The molecule has 0 saturated carbocycles. The van der Waals surface area contributed by atoms with E-state index in [4.69, 9.17) is 16.9 Å². The van der Waals surface area contributed by atoms with Crippen LogP contribution in [0, 0.1) is 12.0 Å². The molecular weight excluding hydrogens is 818 g/mol. The number of rotatable bonds is 13. The number of benzene rings is 4. The lowest BCUT2D eigenvalue weighted by molar-refractivity contribution is -0.432. The first-order valence-electron chi connectivity index (χ1n) is 14.5. The molecule has 0 saturated heterocycles. The molecule has 0 aliphatic carbocycles. The summed E-state index contributed by atoms with van der Waals surface area (Å²) in [5.41, 5.74) is -0.299. The SMILES string of the molecule is O=S(=O)(O)c1cccc(Nc2nc(Cl)nc(Nc3ccc(S(=O)(=O)O)c(N=Nc4c(SOOO)cc5cc(Nc6cc(F)nc(F)n6)ccc5c4O)c3)n2)c1. The summed E-state index contributed by atoms with van der Waals surface area (Å²) >= 11 is 6.42. The molecule has 284 valence electrons. The minimum Gasteiger partial charge on any atom is -0.505 e. The van der Waals surface area contributed by atoms with Crippen LogP contribution in [0.2, 0.25) is 5.28 Å². The molecule has 26 heteroatoms. The zero-order valence-electron chi connectivity index (χ0n) is 26.7. The lowest BCUT2D eigenvalue weighted by Crippen LogP contribution is -2.05. The van der Waals surface area contributed by atoms with Crippen LogP contribution in [0.3, 0.4) is 0 Å². The summed E-state index contributed by atoms with van der Waals surface area (Å²) in [6.07, 6.45) is -1.31. The van der Waals surface area contributed by atoms with Crippen molar-refractivity contribution < 1.29 is 54.5 Å². The predicted molar refractivity (Wildman–Crippen MR) is 190 cm³/mol. The molecule has 4 aromatic carbocycles. The molecular formula is C29H19ClF2N10O10S3. The van der Waals surface area contributed by atoms with Crippen LogP contribution in [-0.2, 0) is 29.6 Å². The minimum atomic E-state index is -4.92. The van der Waals surface area contributed by atoms with Gasteiger partial charge < -0.3 is 21.1 Å². The number of aromatic hydroxyl groups is 1. The van der Waals surface area contributed by atoms with Crippen LogP contribution in [-0.4, -0.2) is 61.2 Å². The number of nitrogens with one attached hydrogen (secondary N) is 3. The zero-order chi connectivity index (χ0) is 39.5. The number of fused-ring (bicyclic) bond motifs is 1. The second-order valence-corrected chi connectivity index (χ2v) is 14.5. The van der Waals surface area contributed by atoms with Gasteiger partial charge in [-0.25, -0.2) is 5.26 Å². The number of hydrogen-bond donors (Lipinski definition) is 7. The number of azo groups is 1. The van der Waals surface area contributed by atoms with Gasteiger partial charge in [0.25, 0.3) is 20.2 Å². The Morgan fingerprint density at radius 1 is 0.764 bits per heavy atom. The van der Waals surface area contributed by atoms with Gasteiger partial charge in [0.2, 0.25) is 23.1 Å². The maximum Gasteiger partial charge on any atom is 0.313 e. The number of nitrogens with zero attached hydrogens (tertiary/aromatic N) is 7. The van der Waals surface area contributed by atoms with Crippen molar-refractivity contribution in [1.82, 2.24) is 24.9 Å². The summed E-state index contributed by atoms with van der Waals surface area (Å²) in [6.45, 7) is 0. The van der Waals surface area contributed by atoms with E-state index in [1.54, 1.807) is 0 Å². The standard InChI is InChI=1S/C29H19ClF2N10O10S3/c30-26-38-28(34-14-2-1-3-17(10-14)54(45,46)47)40-29(39-26)35-16-5-7-21(55(48,49)50)19(11-16)41-42-24-20(53-52-51-44)9-13-8-15(4-6-18(13)25(24)43)33-23-12-22(31)36-27(32)37-23/h1-12,43-44H,(H,33,36,37)(H,45,46,47)(H,48,49,50)(H2,34,35,38,39,40). The highest BCUT2D eigenvalue weighted by molar-refractivity contribution is 7.94. The third-order valence-electron chi connectivity index (χ3n) is 6.89. The molecule has 0 amide bonds. The molecule has 0 unspecified atom stereocenters. The van der Waals surface area contributed by atoms with Gasteiger partial charge in [-0.15, -0.1) is 14.6 Å². The van der Waals surface area contributed by atoms with Crippen molar-refractivity contribution in [3.8, 4) is 5.75 Å². The highest BCUT2D eigenvalue weighted by Crippen LogP contribution is 2.45. The molecule has 6 rings (SSSR count). The Morgan fingerprint density at radius 2 is 1.45 bits per heavy atom. The average molecular weight is 837 g/mol. The van der Waals surface area contributed by atoms with E-state index in [1.165, 1.54) is 42.5 Å². The van der Waals surface area contributed by atoms with E-state index in [1.807, 2.05) is 0 Å². The highest BCUT2D eigenvalue weighted by atomic mass is 35.5. The Labute approximate surface area is 315 Å². The number of phenolic OH excluding ortho intramolecular Hbond substituents is 1. The number of halogens is 3. The third-order valence-corrected chi connectivity index (χ3v) is 9.43. The van der Waals surface area contributed by atoms with Crippen molar-refractivity contribution in [2.75, 3.05) is 16.0 Å². The van der Waals surface area contributed by atoms with Crippen molar-refractivity contribution in [3.63, 3.8) is 0 Å². The van der Waals surface area contributed by atoms with E-state index in [9.17, 15) is 39.8 Å². The van der Waals surface area contributed by atoms with Gasteiger partial charge in [0, 0.05) is 28.5 Å². The maximum atomic E-state index is 13.6. The summed E-state index contributed by atoms with van der Waals surface area (Å²) < 4.78 is 98.5. The van der Waals surface area contributed by atoms with E-state index in [0.717, 1.165) is 30.3 Å². The largest absolute Gasteiger partial charge is 0.505 e. The molecule has 0 radical (unpaired) electrons. The van der Waals surface area contributed by atoms with Gasteiger partial charge in [0.1, 0.15) is 22.1 Å². The zero-order valence-corrected chi connectivity index (χ0v) is 29.9. The van der Waals surface area contributed by atoms with Crippen molar-refractivity contribution in [1.29, 1.82) is 0 Å². The Balaban J connectivity index is 1.33. The van der Waals surface area contributed by atoms with Crippen molar-refractivity contribution in [2.24, 2.45) is 10.2 Å². The second kappa shape index (κ2) is 15.9. The maximum absolute atomic E-state index is 13.6. The van der Waals surface area contributed by atoms with E-state index in [2.05, 4.69) is 60.5 Å². The minimum absolute atomic E-state index is 0.0521. The Morgan fingerprint density at radius 3 is 2.13 bits per heavy atom. The van der Waals surface area contributed by atoms with Crippen molar-refractivity contribution >= 4 is 101 Å². The van der Waals surface area contributed by atoms with Gasteiger partial charge >= 0.3 is 6.08 Å². The number of anilines is 6. The molecule has 0 fully saturated rings. The average Bonchev–Trinajstić information content (AvgIpc) is 3.09. The number of phenols is 1. The molecule has 0 atom stereocenters. The summed E-state index contributed by atoms with van der Waals surface area (Å²) in [4.78, 5) is 17.2. The fraction of sp³-hybridized carbons (Fsp3) is 0. The van der Waals surface area contributed by atoms with E-state index >= 15 is 0 Å². The summed E-state index contributed by atoms with van der Waals surface area (Å²) in [7, 11) is -9.44. The summed E-state index contributed by atoms with van der Waals surface area (Å²) in [5, 5.41) is 39.9. The van der Waals surface area contributed by atoms with Gasteiger partial charge in [-0.2, -0.15) is 50.5 Å². The Hall–Kier alpha value is -5.77. The fourth-order valence-electron chi connectivity index (χ4n) is 4.69. The smallest absolute Gasteiger partial charge is 0.313 e. The summed E-state index contributed by atoms with van der Waals surface area (Å²) in [6, 6.07) is 14.9. The lowest BCUT2D eigenvalue weighted by atomic mass is 10.1. The topological polar surface area (TPSA) is 293 Å². The molecule has 6 aromatic rings. The highest BCUT2D eigenvalue weighted by Gasteiger charge is 2.20. The summed E-state index contributed by atoms with van der Waals surface area (Å²) in [5.74, 6) is -2.23. The van der Waals surface area contributed by atoms with E-state index in [0.29, 0.717) is 17.4 Å². The van der Waals surface area contributed by atoms with Crippen LogP contribution in [0.4, 0.5) is 54.9 Å². The van der Waals surface area contributed by atoms with Crippen LogP contribution in [0.5, 0.6) is 5.75 Å². The molecule has 0 aliphatic rings.